The molecule has 170 valence electrons. The molecule has 1 aliphatic rings. The molecule has 0 aromatic heterocycles. The number of nitrogens with one attached hydrogen (secondary N) is 1. The maximum absolute atomic E-state index is 14.1. The quantitative estimate of drug-likeness (QED) is 0.598. The number of piperidine rings is 1. The second-order valence-electron chi connectivity index (χ2n) is 7.75. The lowest BCUT2D eigenvalue weighted by molar-refractivity contribution is 0.164. The number of hydrogen-bond acceptors (Lipinski definition) is 5. The normalized spacial score (nSPS) is 15.9. The second kappa shape index (κ2) is 10.6. The first-order valence-electron chi connectivity index (χ1n) is 10.3. The van der Waals surface area contributed by atoms with Gasteiger partial charge in [0.15, 0.2) is 17.3 Å². The molecule has 3 rings (SSSR count). The molecule has 1 saturated heterocycles. The molecule has 6 nitrogen and oxygen atoms in total. The summed E-state index contributed by atoms with van der Waals surface area (Å²) in [6, 6.07) is 11.3. The Labute approximate surface area is 188 Å². The monoisotopic (exact) mass is 470 g/mol. The van der Waals surface area contributed by atoms with Crippen molar-refractivity contribution < 1.29 is 22.3 Å². The van der Waals surface area contributed by atoms with E-state index in [9.17, 15) is 12.8 Å². The molecule has 0 unspecified atom stereocenters. The van der Waals surface area contributed by atoms with E-state index in [1.807, 2.05) is 38.1 Å². The van der Waals surface area contributed by atoms with Crippen LogP contribution in [0.5, 0.6) is 11.5 Å². The molecule has 0 spiro atoms. The molecule has 1 N–H and O–H groups in total. The van der Waals surface area contributed by atoms with E-state index in [0.717, 1.165) is 25.4 Å². The Morgan fingerprint density at radius 3 is 2.48 bits per heavy atom. The zero-order chi connectivity index (χ0) is 22.4. The minimum Gasteiger partial charge on any atom is -0.488 e. The van der Waals surface area contributed by atoms with Crippen molar-refractivity contribution in [1.82, 2.24) is 9.62 Å². The summed E-state index contributed by atoms with van der Waals surface area (Å²) >= 11 is 5.72. The zero-order valence-electron chi connectivity index (χ0n) is 17.7. The molecule has 0 radical (unpaired) electrons. The lowest BCUT2D eigenvalue weighted by Crippen LogP contribution is -2.45. The highest BCUT2D eigenvalue weighted by Crippen LogP contribution is 2.27. The molecule has 0 bridgehead atoms. The van der Waals surface area contributed by atoms with Crippen LogP contribution < -0.4 is 14.2 Å². The Morgan fingerprint density at radius 2 is 1.81 bits per heavy atom. The Balaban J connectivity index is 1.47. The fourth-order valence-corrected chi connectivity index (χ4v) is 5.09. The van der Waals surface area contributed by atoms with Gasteiger partial charge in [-0.15, -0.1) is 0 Å². The highest BCUT2D eigenvalue weighted by Gasteiger charge is 2.27. The van der Waals surface area contributed by atoms with Crippen molar-refractivity contribution in [3.8, 4) is 11.5 Å². The second-order valence-corrected chi connectivity index (χ2v) is 9.84. The molecule has 1 fully saturated rings. The van der Waals surface area contributed by atoms with Crippen molar-refractivity contribution in [3.05, 3.63) is 53.3 Å². The third-order valence-electron chi connectivity index (χ3n) is 4.99. The van der Waals surface area contributed by atoms with Crippen LogP contribution in [-0.4, -0.2) is 51.7 Å². The summed E-state index contributed by atoms with van der Waals surface area (Å²) in [5, 5.41) is -0.210. The van der Waals surface area contributed by atoms with Crippen molar-refractivity contribution in [2.75, 3.05) is 26.2 Å². The summed E-state index contributed by atoms with van der Waals surface area (Å²) < 4.78 is 53.4. The molecule has 0 atom stereocenters. The molecule has 1 heterocycles. The first-order chi connectivity index (χ1) is 14.8. The molecule has 2 aromatic rings. The predicted molar refractivity (Wildman–Crippen MR) is 119 cm³/mol. The molecule has 9 heteroatoms. The summed E-state index contributed by atoms with van der Waals surface area (Å²) in [4.78, 5) is 1.80. The maximum Gasteiger partial charge on any atom is 0.243 e. The van der Waals surface area contributed by atoms with Gasteiger partial charge in [0.05, 0.1) is 11.1 Å². The standard InChI is InChI=1S/C22H28ClFN2O4S/c1-16(2)30-20-8-4-3-7-19(20)29-15-14-26-12-10-17(11-13-26)25-31(27,28)21-9-5-6-18(23)22(21)24/h3-9,16-17,25H,10-15H2,1-2H3. The summed E-state index contributed by atoms with van der Waals surface area (Å²) in [5.41, 5.74) is 0. The number of hydrogen-bond donors (Lipinski definition) is 1. The summed E-state index contributed by atoms with van der Waals surface area (Å²) in [5.74, 6) is 0.509. The highest BCUT2D eigenvalue weighted by molar-refractivity contribution is 7.89. The van der Waals surface area contributed by atoms with Crippen molar-refractivity contribution in [1.29, 1.82) is 0 Å². The molecule has 2 aromatic carbocycles. The van der Waals surface area contributed by atoms with Gasteiger partial charge in [-0.1, -0.05) is 29.8 Å². The van der Waals surface area contributed by atoms with Crippen molar-refractivity contribution in [2.24, 2.45) is 0 Å². The lowest BCUT2D eigenvalue weighted by Gasteiger charge is -2.32. The average molecular weight is 471 g/mol. The van der Waals surface area contributed by atoms with Gasteiger partial charge < -0.3 is 9.47 Å². The van der Waals surface area contributed by atoms with E-state index in [2.05, 4.69) is 9.62 Å². The van der Waals surface area contributed by atoms with Crippen LogP contribution in [-0.2, 0) is 10.0 Å². The summed E-state index contributed by atoms with van der Waals surface area (Å²) in [7, 11) is -3.96. The van der Waals surface area contributed by atoms with Crippen molar-refractivity contribution >= 4 is 21.6 Å². The van der Waals surface area contributed by atoms with Crippen LogP contribution in [0.25, 0.3) is 0 Å². The number of nitrogens with zero attached hydrogens (tertiary/aromatic N) is 1. The highest BCUT2D eigenvalue weighted by atomic mass is 35.5. The number of rotatable bonds is 9. The fourth-order valence-electron chi connectivity index (χ4n) is 3.45. The largest absolute Gasteiger partial charge is 0.488 e. The lowest BCUT2D eigenvalue weighted by atomic mass is 10.1. The zero-order valence-corrected chi connectivity index (χ0v) is 19.3. The third kappa shape index (κ3) is 6.55. The Hall–Kier alpha value is -1.87. The molecule has 0 amide bonds. The number of likely N-dealkylation sites (tertiary alicyclic amines) is 1. The van der Waals surface area contributed by atoms with Crippen molar-refractivity contribution in [2.45, 2.75) is 43.7 Å². The smallest absolute Gasteiger partial charge is 0.243 e. The van der Waals surface area contributed by atoms with Crippen LogP contribution in [0.3, 0.4) is 0 Å². The number of benzene rings is 2. The van der Waals surface area contributed by atoms with Gasteiger partial charge in [-0.25, -0.2) is 17.5 Å². The minimum absolute atomic E-state index is 0.0629. The summed E-state index contributed by atoms with van der Waals surface area (Å²) in [6.07, 6.45) is 1.33. The van der Waals surface area contributed by atoms with E-state index in [1.54, 1.807) is 0 Å². The first kappa shape index (κ1) is 23.8. The Morgan fingerprint density at radius 1 is 1.13 bits per heavy atom. The van der Waals surface area contributed by atoms with Gasteiger partial charge in [-0.2, -0.15) is 0 Å². The molecular formula is C22H28ClFN2O4S. The van der Waals surface area contributed by atoms with Crippen LogP contribution in [0.2, 0.25) is 5.02 Å². The molecule has 0 saturated carbocycles. The maximum atomic E-state index is 14.1. The molecule has 1 aliphatic heterocycles. The topological polar surface area (TPSA) is 67.9 Å². The van der Waals surface area contributed by atoms with E-state index >= 15 is 0 Å². The SMILES string of the molecule is CC(C)Oc1ccccc1OCCN1CCC(NS(=O)(=O)c2cccc(Cl)c2F)CC1. The minimum atomic E-state index is -3.96. The van der Waals surface area contributed by atoms with E-state index in [4.69, 9.17) is 21.1 Å². The average Bonchev–Trinajstić information content (AvgIpc) is 2.72. The van der Waals surface area contributed by atoms with Crippen LogP contribution >= 0.6 is 11.6 Å². The van der Waals surface area contributed by atoms with Crippen LogP contribution in [0.1, 0.15) is 26.7 Å². The summed E-state index contributed by atoms with van der Waals surface area (Å²) in [6.45, 7) is 6.60. The van der Waals surface area contributed by atoms with Gasteiger partial charge in [0.25, 0.3) is 0 Å². The van der Waals surface area contributed by atoms with Gasteiger partial charge >= 0.3 is 0 Å². The van der Waals surface area contributed by atoms with Crippen LogP contribution in [0, 0.1) is 5.82 Å². The van der Waals surface area contributed by atoms with E-state index in [0.29, 0.717) is 25.2 Å². The van der Waals surface area contributed by atoms with Gasteiger partial charge in [0.1, 0.15) is 11.5 Å². The van der Waals surface area contributed by atoms with E-state index < -0.39 is 20.7 Å². The van der Waals surface area contributed by atoms with Gasteiger partial charge in [0, 0.05) is 12.6 Å². The number of halogens is 2. The van der Waals surface area contributed by atoms with Crippen molar-refractivity contribution in [3.63, 3.8) is 0 Å². The van der Waals surface area contributed by atoms with E-state index in [-0.39, 0.29) is 17.2 Å². The number of para-hydroxylation sites is 2. The molecular weight excluding hydrogens is 443 g/mol. The fraction of sp³-hybridized carbons (Fsp3) is 0.455. The molecule has 0 aliphatic carbocycles. The first-order valence-corrected chi connectivity index (χ1v) is 12.2. The van der Waals surface area contributed by atoms with E-state index in [1.165, 1.54) is 18.2 Å². The van der Waals surface area contributed by atoms with Gasteiger partial charge in [0.2, 0.25) is 10.0 Å². The predicted octanol–water partition coefficient (Wildman–Crippen LogP) is 4.09. The van der Waals surface area contributed by atoms with Crippen LogP contribution in [0.15, 0.2) is 47.4 Å². The number of ether oxygens (including phenoxy) is 2. The molecule has 31 heavy (non-hydrogen) atoms. The number of sulfonamides is 1. The third-order valence-corrected chi connectivity index (χ3v) is 6.82. The van der Waals surface area contributed by atoms with Gasteiger partial charge in [-0.3, -0.25) is 4.90 Å². The Bertz CT molecular complexity index is 979. The van der Waals surface area contributed by atoms with Crippen LogP contribution in [0.4, 0.5) is 4.39 Å². The van der Waals surface area contributed by atoms with Gasteiger partial charge in [-0.05, 0) is 64.0 Å². The Kier molecular flexibility index (Phi) is 8.16.